The molecule has 1 saturated carbocycles. The van der Waals surface area contributed by atoms with Crippen molar-refractivity contribution in [3.63, 3.8) is 0 Å². The molecule has 6 nitrogen and oxygen atoms in total. The van der Waals surface area contributed by atoms with Gasteiger partial charge in [0.15, 0.2) is 0 Å². The molecule has 22 heavy (non-hydrogen) atoms. The van der Waals surface area contributed by atoms with E-state index in [9.17, 15) is 9.59 Å². The highest BCUT2D eigenvalue weighted by molar-refractivity contribution is 5.82. The number of rotatable bonds is 3. The van der Waals surface area contributed by atoms with E-state index in [-0.39, 0.29) is 23.6 Å². The van der Waals surface area contributed by atoms with Crippen LogP contribution in [0.4, 0.5) is 0 Å². The van der Waals surface area contributed by atoms with Crippen molar-refractivity contribution >= 4 is 17.0 Å². The van der Waals surface area contributed by atoms with Gasteiger partial charge < -0.3 is 14.5 Å². The van der Waals surface area contributed by atoms with Crippen LogP contribution in [0, 0.1) is 5.92 Å². The predicted octanol–water partition coefficient (Wildman–Crippen LogP) is 2.24. The lowest BCUT2D eigenvalue weighted by Gasteiger charge is -2.27. The molecular weight excluding hydrogens is 284 g/mol. The summed E-state index contributed by atoms with van der Waals surface area (Å²) in [7, 11) is 3.01. The summed E-state index contributed by atoms with van der Waals surface area (Å²) in [5, 5.41) is 0. The molecule has 3 rings (SSSR count). The van der Waals surface area contributed by atoms with E-state index in [1.807, 2.05) is 18.2 Å². The lowest BCUT2D eigenvalue weighted by Crippen LogP contribution is -2.29. The van der Waals surface area contributed by atoms with Gasteiger partial charge in [0.25, 0.3) is 0 Å². The van der Waals surface area contributed by atoms with Gasteiger partial charge >= 0.3 is 11.7 Å². The maximum absolute atomic E-state index is 12.3. The van der Waals surface area contributed by atoms with Crippen LogP contribution < -0.4 is 10.4 Å². The Morgan fingerprint density at radius 3 is 2.59 bits per heavy atom. The molecule has 0 saturated heterocycles. The van der Waals surface area contributed by atoms with E-state index in [0.717, 1.165) is 36.7 Å². The summed E-state index contributed by atoms with van der Waals surface area (Å²) in [5.74, 6) is 0.472. The third-order valence-electron chi connectivity index (χ3n) is 4.53. The molecule has 1 aliphatic rings. The molecule has 0 bridgehead atoms. The monoisotopic (exact) mass is 304 g/mol. The Hall–Kier alpha value is -2.24. The summed E-state index contributed by atoms with van der Waals surface area (Å²) in [6, 6.07) is 5.73. The molecule has 1 fully saturated rings. The van der Waals surface area contributed by atoms with E-state index in [1.54, 1.807) is 11.7 Å². The van der Waals surface area contributed by atoms with E-state index in [4.69, 9.17) is 9.47 Å². The standard InChI is InChI=1S/C16H20N2O4/c1-21-13-5-3-4-12-14(13)17-16(20)18(12)11-8-6-10(7-9-11)15(19)22-2/h3-5,10-11H,6-9H2,1-2H3,(H,17,20). The summed E-state index contributed by atoms with van der Waals surface area (Å²) in [4.78, 5) is 26.8. The molecule has 1 heterocycles. The molecule has 118 valence electrons. The molecule has 0 radical (unpaired) electrons. The van der Waals surface area contributed by atoms with Crippen molar-refractivity contribution in [3.05, 3.63) is 28.7 Å². The van der Waals surface area contributed by atoms with E-state index < -0.39 is 0 Å². The van der Waals surface area contributed by atoms with Crippen LogP contribution in [-0.2, 0) is 9.53 Å². The smallest absolute Gasteiger partial charge is 0.326 e. The summed E-state index contributed by atoms with van der Waals surface area (Å²) >= 11 is 0. The van der Waals surface area contributed by atoms with Crippen LogP contribution in [0.5, 0.6) is 5.75 Å². The minimum Gasteiger partial charge on any atom is -0.494 e. The number of ether oxygens (including phenoxy) is 2. The van der Waals surface area contributed by atoms with Crippen LogP contribution in [0.1, 0.15) is 31.7 Å². The number of nitrogens with one attached hydrogen (secondary N) is 1. The van der Waals surface area contributed by atoms with E-state index in [1.165, 1.54) is 7.11 Å². The molecule has 0 spiro atoms. The number of hydrogen-bond donors (Lipinski definition) is 1. The first kappa shape index (κ1) is 14.7. The number of aromatic amines is 1. The zero-order valence-electron chi connectivity index (χ0n) is 12.8. The molecule has 1 N–H and O–H groups in total. The summed E-state index contributed by atoms with van der Waals surface area (Å²) in [6.07, 6.45) is 3.09. The number of para-hydroxylation sites is 1. The van der Waals surface area contributed by atoms with Crippen LogP contribution in [0.3, 0.4) is 0 Å². The predicted molar refractivity (Wildman–Crippen MR) is 82.1 cm³/mol. The summed E-state index contributed by atoms with van der Waals surface area (Å²) in [6.45, 7) is 0. The Kier molecular flexibility index (Phi) is 3.92. The second kappa shape index (κ2) is 5.87. The number of nitrogens with zero attached hydrogens (tertiary/aromatic N) is 1. The number of hydrogen-bond acceptors (Lipinski definition) is 4. The number of methoxy groups -OCH3 is 2. The average Bonchev–Trinajstić information content (AvgIpc) is 2.90. The van der Waals surface area contributed by atoms with Gasteiger partial charge in [0.05, 0.1) is 25.7 Å². The second-order valence-electron chi connectivity index (χ2n) is 5.68. The zero-order chi connectivity index (χ0) is 15.7. The van der Waals surface area contributed by atoms with Gasteiger partial charge in [-0.05, 0) is 37.8 Å². The molecule has 0 atom stereocenters. The number of imidazole rings is 1. The molecule has 6 heteroatoms. The Bertz CT molecular complexity index is 738. The first-order valence-electron chi connectivity index (χ1n) is 7.50. The highest BCUT2D eigenvalue weighted by Crippen LogP contribution is 2.34. The van der Waals surface area contributed by atoms with Crippen LogP contribution in [0.15, 0.2) is 23.0 Å². The third-order valence-corrected chi connectivity index (χ3v) is 4.53. The fourth-order valence-electron chi connectivity index (χ4n) is 3.39. The van der Waals surface area contributed by atoms with Crippen LogP contribution in [0.25, 0.3) is 11.0 Å². The quantitative estimate of drug-likeness (QED) is 0.883. The lowest BCUT2D eigenvalue weighted by atomic mass is 9.86. The maximum atomic E-state index is 12.3. The van der Waals surface area contributed by atoms with Gasteiger partial charge in [-0.15, -0.1) is 0 Å². The number of esters is 1. The molecular formula is C16H20N2O4. The SMILES string of the molecule is COC(=O)C1CCC(n2c(=O)[nH]c3c(OC)cccc32)CC1. The Morgan fingerprint density at radius 2 is 1.95 bits per heavy atom. The number of carbonyl (C=O) groups excluding carboxylic acids is 1. The van der Waals surface area contributed by atoms with Crippen molar-refractivity contribution in [2.24, 2.45) is 5.92 Å². The fourth-order valence-corrected chi connectivity index (χ4v) is 3.39. The fraction of sp³-hybridized carbons (Fsp3) is 0.500. The summed E-state index contributed by atoms with van der Waals surface area (Å²) in [5.41, 5.74) is 1.46. The number of H-pyrrole nitrogens is 1. The lowest BCUT2D eigenvalue weighted by molar-refractivity contribution is -0.146. The molecule has 1 aromatic heterocycles. The molecule has 1 aromatic carbocycles. The van der Waals surface area contributed by atoms with E-state index in [2.05, 4.69) is 4.98 Å². The second-order valence-corrected chi connectivity index (χ2v) is 5.68. The average molecular weight is 304 g/mol. The first-order chi connectivity index (χ1) is 10.7. The van der Waals surface area contributed by atoms with Gasteiger partial charge in [-0.25, -0.2) is 4.79 Å². The van der Waals surface area contributed by atoms with Crippen molar-refractivity contribution in [1.29, 1.82) is 0 Å². The molecule has 2 aromatic rings. The van der Waals surface area contributed by atoms with Crippen molar-refractivity contribution < 1.29 is 14.3 Å². The van der Waals surface area contributed by atoms with Gasteiger partial charge in [-0.2, -0.15) is 0 Å². The maximum Gasteiger partial charge on any atom is 0.326 e. The Labute approximate surface area is 128 Å². The van der Waals surface area contributed by atoms with Gasteiger partial charge in [0.1, 0.15) is 11.3 Å². The topological polar surface area (TPSA) is 73.3 Å². The van der Waals surface area contributed by atoms with Crippen LogP contribution >= 0.6 is 0 Å². The minimum absolute atomic E-state index is 0.0447. The number of benzene rings is 1. The number of carbonyl (C=O) groups is 1. The van der Waals surface area contributed by atoms with Crippen molar-refractivity contribution in [2.75, 3.05) is 14.2 Å². The molecule has 0 aliphatic heterocycles. The molecule has 1 aliphatic carbocycles. The Morgan fingerprint density at radius 1 is 1.23 bits per heavy atom. The van der Waals surface area contributed by atoms with Gasteiger partial charge in [0, 0.05) is 6.04 Å². The van der Waals surface area contributed by atoms with Crippen molar-refractivity contribution in [3.8, 4) is 5.75 Å². The highest BCUT2D eigenvalue weighted by atomic mass is 16.5. The molecule has 0 unspecified atom stereocenters. The van der Waals surface area contributed by atoms with Crippen LogP contribution in [-0.4, -0.2) is 29.7 Å². The van der Waals surface area contributed by atoms with Crippen LogP contribution in [0.2, 0.25) is 0 Å². The normalized spacial score (nSPS) is 21.7. The highest BCUT2D eigenvalue weighted by Gasteiger charge is 2.29. The van der Waals surface area contributed by atoms with Crippen molar-refractivity contribution in [1.82, 2.24) is 9.55 Å². The van der Waals surface area contributed by atoms with E-state index in [0.29, 0.717) is 5.75 Å². The van der Waals surface area contributed by atoms with Gasteiger partial charge in [-0.3, -0.25) is 9.36 Å². The zero-order valence-corrected chi connectivity index (χ0v) is 12.8. The van der Waals surface area contributed by atoms with E-state index >= 15 is 0 Å². The number of aromatic nitrogens is 2. The number of fused-ring (bicyclic) bond motifs is 1. The van der Waals surface area contributed by atoms with Crippen molar-refractivity contribution in [2.45, 2.75) is 31.7 Å². The van der Waals surface area contributed by atoms with Gasteiger partial charge in [-0.1, -0.05) is 6.07 Å². The largest absolute Gasteiger partial charge is 0.494 e. The third kappa shape index (κ3) is 2.38. The Balaban J connectivity index is 1.90. The van der Waals surface area contributed by atoms with Gasteiger partial charge in [0.2, 0.25) is 0 Å². The first-order valence-corrected chi connectivity index (χ1v) is 7.50. The molecule has 0 amide bonds. The summed E-state index contributed by atoms with van der Waals surface area (Å²) < 4.78 is 11.9. The minimum atomic E-state index is -0.147.